The summed E-state index contributed by atoms with van der Waals surface area (Å²) in [5.41, 5.74) is 1.28. The van der Waals surface area contributed by atoms with Crippen LogP contribution in [0.4, 0.5) is 0 Å². The van der Waals surface area contributed by atoms with Crippen LogP contribution in [-0.4, -0.2) is 16.1 Å². The van der Waals surface area contributed by atoms with Crippen molar-refractivity contribution in [1.29, 1.82) is 0 Å². The largest absolute Gasteiger partial charge is 0.478 e. The molecule has 1 aromatic rings. The molecule has 0 bridgehead atoms. The Hall–Kier alpha value is -0.610. The monoisotopic (exact) mass is 263 g/mol. The van der Waals surface area contributed by atoms with Gasteiger partial charge in [-0.15, -0.1) is 0 Å². The van der Waals surface area contributed by atoms with Gasteiger partial charge >= 0.3 is 5.97 Å². The second-order valence-corrected chi connectivity index (χ2v) is 3.74. The first-order valence-electron chi connectivity index (χ1n) is 3.50. The summed E-state index contributed by atoms with van der Waals surface area (Å²) in [5.74, 6) is -1.03. The molecular weight excluding hydrogens is 257 g/mol. The van der Waals surface area contributed by atoms with Gasteiger partial charge in [-0.2, -0.15) is 0 Å². The number of rotatable bonds is 1. The Bertz CT molecular complexity index is 379. The number of pyridine rings is 1. The molecule has 0 aliphatic rings. The summed E-state index contributed by atoms with van der Waals surface area (Å²) in [6, 6.07) is 0. The van der Waals surface area contributed by atoms with Crippen molar-refractivity contribution in [2.24, 2.45) is 0 Å². The van der Waals surface area contributed by atoms with Crippen molar-refractivity contribution in [3.05, 3.63) is 26.4 Å². The van der Waals surface area contributed by atoms with Gasteiger partial charge in [0.05, 0.1) is 16.3 Å². The topological polar surface area (TPSA) is 50.2 Å². The minimum atomic E-state index is -1.03. The molecule has 1 heterocycles. The van der Waals surface area contributed by atoms with E-state index in [4.69, 9.17) is 16.7 Å². The Morgan fingerprint density at radius 1 is 1.54 bits per heavy atom. The van der Waals surface area contributed by atoms with Gasteiger partial charge < -0.3 is 5.11 Å². The lowest BCUT2D eigenvalue weighted by Crippen LogP contribution is -2.04. The number of halogens is 2. The third kappa shape index (κ3) is 1.84. The van der Waals surface area contributed by atoms with Crippen molar-refractivity contribution in [3.63, 3.8) is 0 Å². The molecule has 0 aliphatic carbocycles. The molecule has 0 amide bonds. The Morgan fingerprint density at radius 3 is 2.54 bits per heavy atom. The quantitative estimate of drug-likeness (QED) is 0.794. The van der Waals surface area contributed by atoms with Gasteiger partial charge in [0.2, 0.25) is 0 Å². The molecule has 0 aliphatic heterocycles. The van der Waals surface area contributed by atoms with E-state index in [1.54, 1.807) is 13.8 Å². The van der Waals surface area contributed by atoms with Crippen LogP contribution in [0.1, 0.15) is 21.6 Å². The highest BCUT2D eigenvalue weighted by Gasteiger charge is 2.17. The number of carbonyl (C=O) groups is 1. The van der Waals surface area contributed by atoms with Crippen molar-refractivity contribution < 1.29 is 9.90 Å². The van der Waals surface area contributed by atoms with Gasteiger partial charge in [-0.3, -0.25) is 0 Å². The summed E-state index contributed by atoms with van der Waals surface area (Å²) in [6.07, 6.45) is 0. The van der Waals surface area contributed by atoms with Crippen molar-refractivity contribution in [1.82, 2.24) is 4.98 Å². The summed E-state index contributed by atoms with van der Waals surface area (Å²) in [4.78, 5) is 14.7. The zero-order valence-corrected chi connectivity index (χ0v) is 9.40. The van der Waals surface area contributed by atoms with Crippen LogP contribution in [0, 0.1) is 13.8 Å². The number of carboxylic acid groups (broad SMARTS) is 1. The van der Waals surface area contributed by atoms with E-state index in [9.17, 15) is 4.79 Å². The van der Waals surface area contributed by atoms with Crippen LogP contribution in [-0.2, 0) is 0 Å². The molecule has 3 nitrogen and oxygen atoms in total. The smallest absolute Gasteiger partial charge is 0.338 e. The highest BCUT2D eigenvalue weighted by molar-refractivity contribution is 9.10. The maximum atomic E-state index is 10.8. The number of hydrogen-bond donors (Lipinski definition) is 1. The lowest BCUT2D eigenvalue weighted by molar-refractivity contribution is 0.0694. The third-order valence-corrected chi connectivity index (χ3v) is 2.84. The van der Waals surface area contributed by atoms with E-state index in [1.165, 1.54) is 0 Å². The average Bonchev–Trinajstić information content (AvgIpc) is 1.99. The highest BCUT2D eigenvalue weighted by Crippen LogP contribution is 2.27. The lowest BCUT2D eigenvalue weighted by Gasteiger charge is -2.07. The van der Waals surface area contributed by atoms with E-state index in [-0.39, 0.29) is 5.56 Å². The molecule has 1 N–H and O–H groups in total. The average molecular weight is 265 g/mol. The predicted octanol–water partition coefficient (Wildman–Crippen LogP) is 2.81. The van der Waals surface area contributed by atoms with E-state index in [0.29, 0.717) is 20.9 Å². The number of hydrogen-bond acceptors (Lipinski definition) is 2. The number of nitrogens with zero attached hydrogens (tertiary/aromatic N) is 1. The first-order chi connectivity index (χ1) is 5.95. The van der Waals surface area contributed by atoms with Crippen molar-refractivity contribution in [2.45, 2.75) is 13.8 Å². The van der Waals surface area contributed by atoms with Gasteiger partial charge in [-0.1, -0.05) is 11.6 Å². The molecular formula is C8H7BrClNO2. The maximum Gasteiger partial charge on any atom is 0.338 e. The van der Waals surface area contributed by atoms with E-state index in [1.807, 2.05) is 0 Å². The van der Waals surface area contributed by atoms with Gasteiger partial charge in [-0.05, 0) is 35.3 Å². The molecule has 1 aromatic heterocycles. The van der Waals surface area contributed by atoms with Crippen LogP contribution in [0.5, 0.6) is 0 Å². The number of aryl methyl sites for hydroxylation is 1. The zero-order valence-electron chi connectivity index (χ0n) is 7.06. The normalized spacial score (nSPS) is 10.2. The molecule has 1 rings (SSSR count). The van der Waals surface area contributed by atoms with Crippen LogP contribution in [0.25, 0.3) is 0 Å². The van der Waals surface area contributed by atoms with Crippen LogP contribution in [0.2, 0.25) is 5.02 Å². The SMILES string of the molecule is Cc1nc(Br)c(C(=O)O)c(C)c1Cl. The Morgan fingerprint density at radius 2 is 2.08 bits per heavy atom. The van der Waals surface area contributed by atoms with Crippen molar-refractivity contribution in [2.75, 3.05) is 0 Å². The van der Waals surface area contributed by atoms with Crippen LogP contribution in [0.15, 0.2) is 4.60 Å². The molecule has 0 saturated heterocycles. The standard InChI is InChI=1S/C8H7BrClNO2/c1-3-5(8(12)13)7(9)11-4(2)6(3)10/h1-2H3,(H,12,13). The zero-order chi connectivity index (χ0) is 10.2. The predicted molar refractivity (Wildman–Crippen MR) is 53.4 cm³/mol. The summed E-state index contributed by atoms with van der Waals surface area (Å²) in [6.45, 7) is 3.39. The van der Waals surface area contributed by atoms with Gasteiger partial charge in [0.15, 0.2) is 0 Å². The minimum absolute atomic E-state index is 0.121. The molecule has 5 heteroatoms. The molecule has 70 valence electrons. The fourth-order valence-corrected chi connectivity index (χ4v) is 1.91. The highest BCUT2D eigenvalue weighted by atomic mass is 79.9. The van der Waals surface area contributed by atoms with Crippen LogP contribution < -0.4 is 0 Å². The number of carboxylic acids is 1. The molecule has 13 heavy (non-hydrogen) atoms. The van der Waals surface area contributed by atoms with E-state index in [2.05, 4.69) is 20.9 Å². The second kappa shape index (κ2) is 3.64. The minimum Gasteiger partial charge on any atom is -0.478 e. The van der Waals surface area contributed by atoms with E-state index in [0.717, 1.165) is 0 Å². The van der Waals surface area contributed by atoms with Gasteiger partial charge in [0.25, 0.3) is 0 Å². The van der Waals surface area contributed by atoms with E-state index < -0.39 is 5.97 Å². The van der Waals surface area contributed by atoms with Gasteiger partial charge in [0, 0.05) is 0 Å². The Kier molecular flexibility index (Phi) is 2.93. The van der Waals surface area contributed by atoms with E-state index >= 15 is 0 Å². The molecule has 0 atom stereocenters. The molecule has 0 unspecified atom stereocenters. The molecule has 0 fully saturated rings. The van der Waals surface area contributed by atoms with Crippen molar-refractivity contribution in [3.8, 4) is 0 Å². The first kappa shape index (κ1) is 10.5. The second-order valence-electron chi connectivity index (χ2n) is 2.61. The molecule has 0 spiro atoms. The fourth-order valence-electron chi connectivity index (χ4n) is 1.04. The van der Waals surface area contributed by atoms with Crippen LogP contribution in [0.3, 0.4) is 0 Å². The third-order valence-electron chi connectivity index (χ3n) is 1.71. The van der Waals surface area contributed by atoms with Crippen molar-refractivity contribution >= 4 is 33.5 Å². The Labute approximate surface area is 88.9 Å². The fraction of sp³-hybridized carbons (Fsp3) is 0.250. The van der Waals surface area contributed by atoms with Crippen LogP contribution >= 0.6 is 27.5 Å². The lowest BCUT2D eigenvalue weighted by atomic mass is 10.1. The first-order valence-corrected chi connectivity index (χ1v) is 4.67. The summed E-state index contributed by atoms with van der Waals surface area (Å²) in [7, 11) is 0. The number of aromatic nitrogens is 1. The Balaban J connectivity index is 3.53. The van der Waals surface area contributed by atoms with Gasteiger partial charge in [-0.25, -0.2) is 9.78 Å². The summed E-state index contributed by atoms with van der Waals surface area (Å²) in [5, 5.41) is 9.24. The molecule has 0 aromatic carbocycles. The summed E-state index contributed by atoms with van der Waals surface area (Å²) >= 11 is 8.93. The maximum absolute atomic E-state index is 10.8. The molecule has 0 radical (unpaired) electrons. The summed E-state index contributed by atoms with van der Waals surface area (Å²) < 4.78 is 0.319. The molecule has 0 saturated carbocycles. The number of aromatic carboxylic acids is 1. The van der Waals surface area contributed by atoms with Gasteiger partial charge in [0.1, 0.15) is 4.60 Å².